The number of halogens is 3. The molecule has 0 aromatic heterocycles. The SMILES string of the molecule is Cc1cccc(-c2ccc(C(c3ccccc3)(c3ccc(-c4cccc(C)c4)cc3)C(F)(F)F)cc2)c1. The van der Waals surface area contributed by atoms with Crippen molar-refractivity contribution >= 4 is 0 Å². The van der Waals surface area contributed by atoms with Crippen LogP contribution in [-0.2, 0) is 5.41 Å². The molecule has 5 aromatic rings. The molecule has 0 radical (unpaired) electrons. The summed E-state index contributed by atoms with van der Waals surface area (Å²) in [5.41, 5.74) is 4.17. The zero-order chi connectivity index (χ0) is 26.0. The Kier molecular flexibility index (Phi) is 6.47. The Morgan fingerprint density at radius 3 is 1.19 bits per heavy atom. The number of benzene rings is 5. The molecule has 0 bridgehead atoms. The smallest absolute Gasteiger partial charge is 0.169 e. The fourth-order valence-electron chi connectivity index (χ4n) is 5.15. The second kappa shape index (κ2) is 9.74. The number of hydrogen-bond acceptors (Lipinski definition) is 0. The molecule has 0 aliphatic carbocycles. The predicted molar refractivity (Wildman–Crippen MR) is 146 cm³/mol. The van der Waals surface area contributed by atoms with E-state index < -0.39 is 11.6 Å². The van der Waals surface area contributed by atoms with Crippen molar-refractivity contribution in [2.75, 3.05) is 0 Å². The summed E-state index contributed by atoms with van der Waals surface area (Å²) in [5, 5.41) is 0. The minimum Gasteiger partial charge on any atom is -0.169 e. The van der Waals surface area contributed by atoms with Crippen molar-refractivity contribution in [3.05, 3.63) is 155 Å². The van der Waals surface area contributed by atoms with Crippen LogP contribution in [0.1, 0.15) is 27.8 Å². The lowest BCUT2D eigenvalue weighted by molar-refractivity contribution is -0.166. The fraction of sp³-hybridized carbons (Fsp3) is 0.118. The van der Waals surface area contributed by atoms with Crippen LogP contribution in [0.5, 0.6) is 0 Å². The Morgan fingerprint density at radius 2 is 0.811 bits per heavy atom. The minimum atomic E-state index is -4.58. The molecule has 0 amide bonds. The van der Waals surface area contributed by atoms with Crippen molar-refractivity contribution in [2.24, 2.45) is 0 Å². The van der Waals surface area contributed by atoms with Gasteiger partial charge in [-0.3, -0.25) is 0 Å². The zero-order valence-corrected chi connectivity index (χ0v) is 20.8. The first-order valence-corrected chi connectivity index (χ1v) is 12.3. The molecule has 0 spiro atoms. The highest BCUT2D eigenvalue weighted by molar-refractivity contribution is 5.68. The summed E-state index contributed by atoms with van der Waals surface area (Å²) in [6, 6.07) is 37.8. The van der Waals surface area contributed by atoms with Crippen LogP contribution in [-0.4, -0.2) is 6.18 Å². The lowest BCUT2D eigenvalue weighted by Gasteiger charge is -2.37. The van der Waals surface area contributed by atoms with Crippen LogP contribution in [0.4, 0.5) is 13.2 Å². The Morgan fingerprint density at radius 1 is 0.405 bits per heavy atom. The van der Waals surface area contributed by atoms with E-state index >= 15 is 13.2 Å². The van der Waals surface area contributed by atoms with E-state index in [2.05, 4.69) is 0 Å². The second-order valence-electron chi connectivity index (χ2n) is 9.51. The highest BCUT2D eigenvalue weighted by Crippen LogP contribution is 2.51. The average molecular weight is 493 g/mol. The van der Waals surface area contributed by atoms with E-state index in [4.69, 9.17) is 0 Å². The van der Waals surface area contributed by atoms with Gasteiger partial charge < -0.3 is 0 Å². The largest absolute Gasteiger partial charge is 0.406 e. The molecule has 0 N–H and O–H groups in total. The van der Waals surface area contributed by atoms with E-state index in [1.807, 2.05) is 62.4 Å². The summed E-state index contributed by atoms with van der Waals surface area (Å²) >= 11 is 0. The van der Waals surface area contributed by atoms with E-state index in [1.54, 1.807) is 78.9 Å². The molecule has 0 nitrogen and oxygen atoms in total. The molecule has 0 heterocycles. The Bertz CT molecular complexity index is 1410. The van der Waals surface area contributed by atoms with Gasteiger partial charge >= 0.3 is 6.18 Å². The maximum absolute atomic E-state index is 15.4. The van der Waals surface area contributed by atoms with Gasteiger partial charge in [-0.1, -0.05) is 139 Å². The van der Waals surface area contributed by atoms with Gasteiger partial charge in [0.05, 0.1) is 0 Å². The van der Waals surface area contributed by atoms with Crippen molar-refractivity contribution in [1.29, 1.82) is 0 Å². The molecule has 37 heavy (non-hydrogen) atoms. The molecular formula is C34H27F3. The zero-order valence-electron chi connectivity index (χ0n) is 20.8. The molecule has 0 saturated heterocycles. The first kappa shape index (κ1) is 24.6. The lowest BCUT2D eigenvalue weighted by Crippen LogP contribution is -2.44. The molecule has 0 saturated carbocycles. The minimum absolute atomic E-state index is 0.186. The van der Waals surface area contributed by atoms with E-state index in [0.717, 1.165) is 33.4 Å². The maximum atomic E-state index is 15.4. The highest BCUT2D eigenvalue weighted by Gasteiger charge is 2.58. The van der Waals surface area contributed by atoms with E-state index in [-0.39, 0.29) is 16.7 Å². The third-order valence-corrected chi connectivity index (χ3v) is 6.97. The fourth-order valence-corrected chi connectivity index (χ4v) is 5.15. The summed E-state index contributed by atoms with van der Waals surface area (Å²) in [6.45, 7) is 4.00. The third kappa shape index (κ3) is 4.58. The monoisotopic (exact) mass is 492 g/mol. The molecule has 0 aliphatic rings. The Labute approximate surface area is 216 Å². The van der Waals surface area contributed by atoms with E-state index in [9.17, 15) is 0 Å². The van der Waals surface area contributed by atoms with Crippen molar-refractivity contribution in [3.8, 4) is 22.3 Å². The first-order chi connectivity index (χ1) is 17.8. The van der Waals surface area contributed by atoms with E-state index in [1.165, 1.54) is 0 Å². The van der Waals surface area contributed by atoms with Gasteiger partial charge in [-0.15, -0.1) is 0 Å². The topological polar surface area (TPSA) is 0 Å². The van der Waals surface area contributed by atoms with Gasteiger partial charge in [0.2, 0.25) is 0 Å². The normalized spacial score (nSPS) is 11.9. The molecule has 0 unspecified atom stereocenters. The van der Waals surface area contributed by atoms with Crippen LogP contribution >= 0.6 is 0 Å². The lowest BCUT2D eigenvalue weighted by atomic mass is 9.68. The predicted octanol–water partition coefficient (Wildman–Crippen LogP) is 9.53. The van der Waals surface area contributed by atoms with Gasteiger partial charge in [0, 0.05) is 0 Å². The quantitative estimate of drug-likeness (QED) is 0.214. The summed E-state index contributed by atoms with van der Waals surface area (Å²) in [7, 11) is 0. The Hall–Kier alpha value is -4.11. The van der Waals surface area contributed by atoms with Crippen LogP contribution in [0.2, 0.25) is 0 Å². The van der Waals surface area contributed by atoms with Gasteiger partial charge in [-0.25, -0.2) is 0 Å². The Balaban J connectivity index is 1.69. The maximum Gasteiger partial charge on any atom is 0.406 e. The van der Waals surface area contributed by atoms with Gasteiger partial charge in [0.1, 0.15) is 5.41 Å². The first-order valence-electron chi connectivity index (χ1n) is 12.3. The van der Waals surface area contributed by atoms with Gasteiger partial charge in [0.15, 0.2) is 0 Å². The van der Waals surface area contributed by atoms with Crippen LogP contribution in [0.3, 0.4) is 0 Å². The van der Waals surface area contributed by atoms with Crippen molar-refractivity contribution in [3.63, 3.8) is 0 Å². The standard InChI is InChI=1S/C34H27F3/c1-24-8-6-10-28(22-24)26-14-18-31(19-15-26)33(34(35,36)37,30-12-4-3-5-13-30)32-20-16-27(17-21-32)29-11-7-9-25(2)23-29/h3-23H,1-2H3. The van der Waals surface area contributed by atoms with Crippen LogP contribution in [0, 0.1) is 13.8 Å². The van der Waals surface area contributed by atoms with Crippen LogP contribution in [0.25, 0.3) is 22.3 Å². The molecule has 0 fully saturated rings. The van der Waals surface area contributed by atoms with Crippen molar-refractivity contribution in [1.82, 2.24) is 0 Å². The number of hydrogen-bond donors (Lipinski definition) is 0. The van der Waals surface area contributed by atoms with Crippen molar-refractivity contribution in [2.45, 2.75) is 25.4 Å². The molecule has 184 valence electrons. The summed E-state index contributed by atoms with van der Waals surface area (Å²) in [5.74, 6) is 0. The van der Waals surface area contributed by atoms with Gasteiger partial charge in [0.25, 0.3) is 0 Å². The molecule has 0 atom stereocenters. The van der Waals surface area contributed by atoms with Gasteiger partial charge in [-0.05, 0) is 52.8 Å². The van der Waals surface area contributed by atoms with Crippen LogP contribution in [0.15, 0.2) is 127 Å². The molecule has 5 aromatic carbocycles. The molecule has 3 heteroatoms. The van der Waals surface area contributed by atoms with Crippen LogP contribution < -0.4 is 0 Å². The highest BCUT2D eigenvalue weighted by atomic mass is 19.4. The number of alkyl halides is 3. The summed E-state index contributed by atoms with van der Waals surface area (Å²) in [4.78, 5) is 0. The second-order valence-corrected chi connectivity index (χ2v) is 9.51. The van der Waals surface area contributed by atoms with E-state index in [0.29, 0.717) is 0 Å². The van der Waals surface area contributed by atoms with Crippen molar-refractivity contribution < 1.29 is 13.2 Å². The molecular weight excluding hydrogens is 465 g/mol. The number of rotatable bonds is 5. The van der Waals surface area contributed by atoms with Gasteiger partial charge in [-0.2, -0.15) is 13.2 Å². The molecule has 5 rings (SSSR count). The number of aryl methyl sites for hydroxylation is 2. The average Bonchev–Trinajstić information content (AvgIpc) is 2.90. The summed E-state index contributed by atoms with van der Waals surface area (Å²) in [6.07, 6.45) is -4.58. The molecule has 0 aliphatic heterocycles. The summed E-state index contributed by atoms with van der Waals surface area (Å²) < 4.78 is 46.2. The third-order valence-electron chi connectivity index (χ3n) is 6.97.